The van der Waals surface area contributed by atoms with Gasteiger partial charge in [0, 0.05) is 6.42 Å². The molecule has 0 aromatic heterocycles. The lowest BCUT2D eigenvalue weighted by atomic mass is 10.1. The van der Waals surface area contributed by atoms with Crippen LogP contribution in [0.2, 0.25) is 0 Å². The van der Waals surface area contributed by atoms with Crippen LogP contribution >= 0.6 is 0 Å². The SMILES string of the molecule is N=C1NC(=O)[C@H](Cc2ccccc2)N1C(=O)OCc1ccccc1. The largest absolute Gasteiger partial charge is 0.444 e. The molecular weight excluding hydrogens is 306 g/mol. The van der Waals surface area contributed by atoms with Gasteiger partial charge in [0.05, 0.1) is 0 Å². The zero-order valence-electron chi connectivity index (χ0n) is 12.9. The van der Waals surface area contributed by atoms with E-state index in [-0.39, 0.29) is 18.5 Å². The molecule has 3 rings (SSSR count). The van der Waals surface area contributed by atoms with Crippen molar-refractivity contribution in [2.24, 2.45) is 0 Å². The molecule has 6 nitrogen and oxygen atoms in total. The zero-order chi connectivity index (χ0) is 16.9. The molecule has 0 bridgehead atoms. The second-order valence-electron chi connectivity index (χ2n) is 5.45. The Kier molecular flexibility index (Phi) is 4.56. The Balaban J connectivity index is 1.70. The summed E-state index contributed by atoms with van der Waals surface area (Å²) < 4.78 is 5.25. The predicted octanol–water partition coefficient (Wildman–Crippen LogP) is 2.30. The van der Waals surface area contributed by atoms with E-state index in [9.17, 15) is 9.59 Å². The molecule has 0 spiro atoms. The molecule has 1 atom stereocenters. The molecule has 24 heavy (non-hydrogen) atoms. The van der Waals surface area contributed by atoms with E-state index in [1.807, 2.05) is 60.7 Å². The first-order chi connectivity index (χ1) is 11.6. The number of hydrogen-bond acceptors (Lipinski definition) is 4. The summed E-state index contributed by atoms with van der Waals surface area (Å²) >= 11 is 0. The van der Waals surface area contributed by atoms with Crippen LogP contribution in [0.1, 0.15) is 11.1 Å². The predicted molar refractivity (Wildman–Crippen MR) is 88.3 cm³/mol. The minimum absolute atomic E-state index is 0.0930. The average Bonchev–Trinajstić information content (AvgIpc) is 2.88. The molecule has 122 valence electrons. The van der Waals surface area contributed by atoms with Crippen molar-refractivity contribution in [3.05, 3.63) is 71.8 Å². The summed E-state index contributed by atoms with van der Waals surface area (Å²) in [6, 6.07) is 17.9. The van der Waals surface area contributed by atoms with Gasteiger partial charge >= 0.3 is 6.09 Å². The van der Waals surface area contributed by atoms with E-state index in [0.29, 0.717) is 6.42 Å². The van der Waals surface area contributed by atoms with Gasteiger partial charge in [-0.2, -0.15) is 0 Å². The van der Waals surface area contributed by atoms with Crippen molar-refractivity contribution in [1.82, 2.24) is 10.2 Å². The Labute approximate surface area is 139 Å². The van der Waals surface area contributed by atoms with E-state index in [4.69, 9.17) is 10.1 Å². The smallest absolute Gasteiger partial charge is 0.417 e. The number of amides is 2. The third-order valence-electron chi connectivity index (χ3n) is 3.77. The van der Waals surface area contributed by atoms with E-state index in [1.165, 1.54) is 0 Å². The quantitative estimate of drug-likeness (QED) is 0.905. The van der Waals surface area contributed by atoms with Gasteiger partial charge in [0.1, 0.15) is 12.6 Å². The molecule has 2 aromatic carbocycles. The van der Waals surface area contributed by atoms with Gasteiger partial charge < -0.3 is 4.74 Å². The molecule has 2 aromatic rings. The molecule has 2 N–H and O–H groups in total. The van der Waals surface area contributed by atoms with Gasteiger partial charge in [0.25, 0.3) is 0 Å². The molecule has 1 fully saturated rings. The van der Waals surface area contributed by atoms with Crippen LogP contribution < -0.4 is 5.32 Å². The minimum atomic E-state index is -0.775. The fourth-order valence-corrected chi connectivity index (χ4v) is 2.56. The second kappa shape index (κ2) is 6.95. The Morgan fingerprint density at radius 2 is 1.62 bits per heavy atom. The molecule has 2 amide bonds. The Morgan fingerprint density at radius 1 is 1.04 bits per heavy atom. The number of hydrogen-bond donors (Lipinski definition) is 2. The van der Waals surface area contributed by atoms with Crippen molar-refractivity contribution in [3.63, 3.8) is 0 Å². The zero-order valence-corrected chi connectivity index (χ0v) is 12.9. The second-order valence-corrected chi connectivity index (χ2v) is 5.45. The highest BCUT2D eigenvalue weighted by atomic mass is 16.6. The van der Waals surface area contributed by atoms with Crippen molar-refractivity contribution in [3.8, 4) is 0 Å². The number of guanidine groups is 1. The fraction of sp³-hybridized carbons (Fsp3) is 0.167. The van der Waals surface area contributed by atoms with E-state index < -0.39 is 12.1 Å². The van der Waals surface area contributed by atoms with E-state index in [1.54, 1.807) is 0 Å². The first kappa shape index (κ1) is 15.7. The van der Waals surface area contributed by atoms with Crippen LogP contribution in [-0.2, 0) is 22.6 Å². The van der Waals surface area contributed by atoms with Gasteiger partial charge in [-0.25, -0.2) is 9.69 Å². The highest BCUT2D eigenvalue weighted by molar-refractivity contribution is 6.11. The Morgan fingerprint density at radius 3 is 2.25 bits per heavy atom. The standard InChI is InChI=1S/C18H17N3O3/c19-17-20-16(22)15(11-13-7-3-1-4-8-13)21(17)18(23)24-12-14-9-5-2-6-10-14/h1-10,15H,11-12H2,(H2,19,20,22)/t15-/m0/s1. The highest BCUT2D eigenvalue weighted by Gasteiger charge is 2.41. The molecule has 0 aliphatic carbocycles. The van der Waals surface area contributed by atoms with Crippen LogP contribution in [0.25, 0.3) is 0 Å². The minimum Gasteiger partial charge on any atom is -0.444 e. The number of nitrogens with one attached hydrogen (secondary N) is 2. The van der Waals surface area contributed by atoms with Crippen molar-refractivity contribution < 1.29 is 14.3 Å². The van der Waals surface area contributed by atoms with Gasteiger partial charge in [-0.1, -0.05) is 60.7 Å². The number of carbonyl (C=O) groups is 2. The van der Waals surface area contributed by atoms with Crippen molar-refractivity contribution in [2.45, 2.75) is 19.1 Å². The first-order valence-electron chi connectivity index (χ1n) is 7.58. The number of nitrogens with zero attached hydrogens (tertiary/aromatic N) is 1. The van der Waals surface area contributed by atoms with Gasteiger partial charge in [-0.3, -0.25) is 15.5 Å². The fourth-order valence-electron chi connectivity index (χ4n) is 2.56. The number of ether oxygens (including phenoxy) is 1. The Hall–Kier alpha value is -3.15. The normalized spacial score (nSPS) is 16.8. The van der Waals surface area contributed by atoms with E-state index >= 15 is 0 Å². The summed E-state index contributed by atoms with van der Waals surface area (Å²) in [5.74, 6) is -0.625. The monoisotopic (exact) mass is 323 g/mol. The van der Waals surface area contributed by atoms with Gasteiger partial charge in [0.15, 0.2) is 0 Å². The topological polar surface area (TPSA) is 82.5 Å². The molecule has 1 aliphatic rings. The van der Waals surface area contributed by atoms with Gasteiger partial charge in [-0.15, -0.1) is 0 Å². The third kappa shape index (κ3) is 3.43. The average molecular weight is 323 g/mol. The van der Waals surface area contributed by atoms with Crippen LogP contribution in [0, 0.1) is 5.41 Å². The maximum absolute atomic E-state index is 12.3. The molecule has 0 unspecified atom stereocenters. The first-order valence-corrected chi connectivity index (χ1v) is 7.58. The summed E-state index contributed by atoms with van der Waals surface area (Å²) in [6.07, 6.45) is -0.377. The summed E-state index contributed by atoms with van der Waals surface area (Å²) in [5.41, 5.74) is 1.75. The van der Waals surface area contributed by atoms with Crippen molar-refractivity contribution in [1.29, 1.82) is 5.41 Å². The van der Waals surface area contributed by atoms with E-state index in [0.717, 1.165) is 16.0 Å². The van der Waals surface area contributed by atoms with Crippen LogP contribution in [0.15, 0.2) is 60.7 Å². The maximum atomic E-state index is 12.3. The summed E-state index contributed by atoms with van der Waals surface area (Å²) in [6.45, 7) is 0.0930. The lowest BCUT2D eigenvalue weighted by Crippen LogP contribution is -2.42. The molecule has 0 saturated carbocycles. The lowest BCUT2D eigenvalue weighted by Gasteiger charge is -2.20. The summed E-state index contributed by atoms with van der Waals surface area (Å²) in [7, 11) is 0. The van der Waals surface area contributed by atoms with Crippen molar-refractivity contribution >= 4 is 18.0 Å². The molecule has 1 heterocycles. The highest BCUT2D eigenvalue weighted by Crippen LogP contribution is 2.16. The van der Waals surface area contributed by atoms with Crippen LogP contribution in [0.5, 0.6) is 0 Å². The molecular formula is C18H17N3O3. The van der Waals surface area contributed by atoms with Gasteiger partial charge in [-0.05, 0) is 11.1 Å². The maximum Gasteiger partial charge on any atom is 0.417 e. The van der Waals surface area contributed by atoms with Crippen LogP contribution in [0.3, 0.4) is 0 Å². The van der Waals surface area contributed by atoms with E-state index in [2.05, 4.69) is 5.32 Å². The van der Waals surface area contributed by atoms with Crippen LogP contribution in [0.4, 0.5) is 4.79 Å². The molecule has 0 radical (unpaired) electrons. The third-order valence-corrected chi connectivity index (χ3v) is 3.77. The Bertz CT molecular complexity index is 747. The molecule has 1 aliphatic heterocycles. The van der Waals surface area contributed by atoms with Gasteiger partial charge in [0.2, 0.25) is 11.9 Å². The molecule has 6 heteroatoms. The summed E-state index contributed by atoms with van der Waals surface area (Å²) in [4.78, 5) is 25.5. The lowest BCUT2D eigenvalue weighted by molar-refractivity contribution is -0.121. The van der Waals surface area contributed by atoms with Crippen molar-refractivity contribution in [2.75, 3.05) is 0 Å². The summed E-state index contributed by atoms with van der Waals surface area (Å²) in [5, 5.41) is 10.2. The number of benzene rings is 2. The number of rotatable bonds is 4. The molecule has 1 saturated heterocycles. The number of carbonyl (C=O) groups excluding carboxylic acids is 2. The van der Waals surface area contributed by atoms with Crippen LogP contribution in [-0.4, -0.2) is 28.9 Å².